The summed E-state index contributed by atoms with van der Waals surface area (Å²) in [5.41, 5.74) is 1.45. The molecule has 2 aromatic rings. The number of aromatic nitrogens is 1. The first-order valence-corrected chi connectivity index (χ1v) is 11.7. The number of likely N-dealkylation sites (tertiary alicyclic amines) is 1. The molecule has 5 rings (SSSR count). The Kier molecular flexibility index (Phi) is 5.91. The Morgan fingerprint density at radius 3 is 2.53 bits per heavy atom. The minimum atomic E-state index is -0.461. The molecule has 7 heteroatoms. The number of amides is 2. The number of anilines is 1. The third-order valence-corrected chi connectivity index (χ3v) is 7.09. The molecule has 1 aromatic carbocycles. The Bertz CT molecular complexity index is 964. The summed E-state index contributed by atoms with van der Waals surface area (Å²) >= 11 is 0. The Hall–Kier alpha value is -2.80. The number of piperidine rings is 1. The van der Waals surface area contributed by atoms with Crippen LogP contribution in [0.3, 0.4) is 0 Å². The van der Waals surface area contributed by atoms with Gasteiger partial charge in [0.2, 0.25) is 0 Å². The van der Waals surface area contributed by atoms with Crippen LogP contribution in [0.2, 0.25) is 0 Å². The van der Waals surface area contributed by atoms with Gasteiger partial charge in [-0.15, -0.1) is 0 Å². The summed E-state index contributed by atoms with van der Waals surface area (Å²) in [5, 5.41) is 3.13. The van der Waals surface area contributed by atoms with E-state index >= 15 is 0 Å². The van der Waals surface area contributed by atoms with E-state index in [1.165, 1.54) is 31.4 Å². The van der Waals surface area contributed by atoms with Gasteiger partial charge in [0, 0.05) is 25.8 Å². The van der Waals surface area contributed by atoms with Crippen LogP contribution < -0.4 is 10.2 Å². The van der Waals surface area contributed by atoms with Gasteiger partial charge in [0.15, 0.2) is 0 Å². The molecule has 1 aromatic heterocycles. The van der Waals surface area contributed by atoms with Crippen molar-refractivity contribution in [1.82, 2.24) is 15.2 Å². The first kappa shape index (κ1) is 21.1. The lowest BCUT2D eigenvalue weighted by molar-refractivity contribution is 0.184. The van der Waals surface area contributed by atoms with Gasteiger partial charge in [0.1, 0.15) is 17.2 Å². The minimum Gasteiger partial charge on any atom is -0.299 e. The average Bonchev–Trinajstić information content (AvgIpc) is 3.08. The van der Waals surface area contributed by atoms with E-state index in [0.717, 1.165) is 62.4 Å². The van der Waals surface area contributed by atoms with E-state index in [1.54, 1.807) is 12.4 Å². The number of aliphatic imine (C=N–C) groups is 1. The lowest BCUT2D eigenvalue weighted by Gasteiger charge is -2.43. The molecule has 2 saturated heterocycles. The Morgan fingerprint density at radius 1 is 1.09 bits per heavy atom. The van der Waals surface area contributed by atoms with Crippen molar-refractivity contribution in [2.75, 3.05) is 18.0 Å². The lowest BCUT2D eigenvalue weighted by Crippen LogP contribution is -2.57. The molecule has 1 N–H and O–H groups in total. The van der Waals surface area contributed by atoms with Crippen molar-refractivity contribution in [3.63, 3.8) is 0 Å². The predicted molar refractivity (Wildman–Crippen MR) is 123 cm³/mol. The van der Waals surface area contributed by atoms with E-state index in [-0.39, 0.29) is 11.8 Å². The first-order chi connectivity index (χ1) is 15.6. The van der Waals surface area contributed by atoms with E-state index in [0.29, 0.717) is 6.04 Å². The van der Waals surface area contributed by atoms with Gasteiger partial charge in [0.05, 0.1) is 17.9 Å². The van der Waals surface area contributed by atoms with Crippen molar-refractivity contribution in [3.05, 3.63) is 60.2 Å². The van der Waals surface area contributed by atoms with E-state index < -0.39 is 5.54 Å². The van der Waals surface area contributed by atoms with Gasteiger partial charge in [-0.05, 0) is 55.5 Å². The van der Waals surface area contributed by atoms with Crippen molar-refractivity contribution >= 4 is 17.6 Å². The SMILES string of the molecule is O=C1NC(=NC2CCCCC2)C2(CCN(Cc3ccc(F)cc3)CC2)N1c1cccnc1. The van der Waals surface area contributed by atoms with Crippen molar-refractivity contribution in [1.29, 1.82) is 0 Å². The van der Waals surface area contributed by atoms with Gasteiger partial charge >= 0.3 is 6.03 Å². The van der Waals surface area contributed by atoms with Crippen LogP contribution >= 0.6 is 0 Å². The predicted octanol–water partition coefficient (Wildman–Crippen LogP) is 4.52. The van der Waals surface area contributed by atoms with Crippen LogP contribution in [0.1, 0.15) is 50.5 Å². The Morgan fingerprint density at radius 2 is 1.84 bits per heavy atom. The molecule has 0 bridgehead atoms. The van der Waals surface area contributed by atoms with Gasteiger partial charge < -0.3 is 0 Å². The number of rotatable bonds is 4. The molecular formula is C25H30FN5O. The van der Waals surface area contributed by atoms with Crippen LogP contribution in [0.4, 0.5) is 14.9 Å². The zero-order valence-corrected chi connectivity index (χ0v) is 18.3. The number of pyridine rings is 1. The van der Waals surface area contributed by atoms with E-state index in [4.69, 9.17) is 4.99 Å². The molecule has 1 spiro atoms. The Labute approximate surface area is 188 Å². The molecular weight excluding hydrogens is 405 g/mol. The molecule has 3 fully saturated rings. The number of hydrogen-bond donors (Lipinski definition) is 1. The molecule has 3 heterocycles. The Balaban J connectivity index is 1.40. The van der Waals surface area contributed by atoms with E-state index in [1.807, 2.05) is 29.2 Å². The molecule has 1 saturated carbocycles. The molecule has 168 valence electrons. The molecule has 6 nitrogen and oxygen atoms in total. The normalized spacial score (nSPS) is 23.1. The van der Waals surface area contributed by atoms with Crippen molar-refractivity contribution in [2.24, 2.45) is 4.99 Å². The quantitative estimate of drug-likeness (QED) is 0.768. The second-order valence-corrected chi connectivity index (χ2v) is 9.18. The van der Waals surface area contributed by atoms with Crippen molar-refractivity contribution < 1.29 is 9.18 Å². The van der Waals surface area contributed by atoms with Gasteiger partial charge in [-0.2, -0.15) is 0 Å². The number of carbonyl (C=O) groups is 1. The van der Waals surface area contributed by atoms with Crippen molar-refractivity contribution in [2.45, 2.75) is 63.1 Å². The molecule has 2 aliphatic heterocycles. The second kappa shape index (κ2) is 8.98. The van der Waals surface area contributed by atoms with E-state index in [2.05, 4.69) is 15.2 Å². The highest BCUT2D eigenvalue weighted by Crippen LogP contribution is 2.38. The fraction of sp³-hybridized carbons (Fsp3) is 0.480. The summed E-state index contributed by atoms with van der Waals surface area (Å²) < 4.78 is 13.3. The fourth-order valence-corrected chi connectivity index (χ4v) is 5.36. The summed E-state index contributed by atoms with van der Waals surface area (Å²) in [5.74, 6) is 0.622. The number of benzene rings is 1. The highest BCUT2D eigenvalue weighted by molar-refractivity contribution is 6.19. The second-order valence-electron chi connectivity index (χ2n) is 9.18. The highest BCUT2D eigenvalue weighted by Gasteiger charge is 2.53. The smallest absolute Gasteiger partial charge is 0.299 e. The third kappa shape index (κ3) is 4.13. The molecule has 0 unspecified atom stereocenters. The summed E-state index contributed by atoms with van der Waals surface area (Å²) in [6, 6.07) is 10.7. The maximum Gasteiger partial charge on any atom is 0.328 e. The number of halogens is 1. The lowest BCUT2D eigenvalue weighted by atomic mass is 9.84. The van der Waals surface area contributed by atoms with Crippen LogP contribution in [-0.2, 0) is 6.54 Å². The van der Waals surface area contributed by atoms with Crippen LogP contribution in [0, 0.1) is 5.82 Å². The number of nitrogens with zero attached hydrogens (tertiary/aromatic N) is 4. The van der Waals surface area contributed by atoms with E-state index in [9.17, 15) is 9.18 Å². The maximum absolute atomic E-state index is 13.3. The summed E-state index contributed by atoms with van der Waals surface area (Å²) in [4.78, 5) is 26.8. The zero-order chi connectivity index (χ0) is 22.0. The summed E-state index contributed by atoms with van der Waals surface area (Å²) in [6.45, 7) is 2.46. The number of amidine groups is 1. The molecule has 3 aliphatic rings. The average molecular weight is 436 g/mol. The fourth-order valence-electron chi connectivity index (χ4n) is 5.36. The standard InChI is InChI=1S/C25H30FN5O/c26-20-10-8-19(9-11-20)18-30-15-12-25(13-16-30)23(28-21-5-2-1-3-6-21)29-24(32)31(25)22-7-4-14-27-17-22/h4,7-11,14,17,21H,1-3,5-6,12-13,15-16,18H2,(H,28,29,32). The number of nitrogens with one attached hydrogen (secondary N) is 1. The summed E-state index contributed by atoms with van der Waals surface area (Å²) in [6.07, 6.45) is 11.0. The van der Waals surface area contributed by atoms with Crippen molar-refractivity contribution in [3.8, 4) is 0 Å². The van der Waals surface area contributed by atoms with Gasteiger partial charge in [0.25, 0.3) is 0 Å². The monoisotopic (exact) mass is 435 g/mol. The largest absolute Gasteiger partial charge is 0.328 e. The number of carbonyl (C=O) groups excluding carboxylic acids is 1. The maximum atomic E-state index is 13.3. The van der Waals surface area contributed by atoms with Gasteiger partial charge in [-0.1, -0.05) is 31.4 Å². The molecule has 2 amide bonds. The summed E-state index contributed by atoms with van der Waals surface area (Å²) in [7, 11) is 0. The third-order valence-electron chi connectivity index (χ3n) is 7.09. The number of urea groups is 1. The van der Waals surface area contributed by atoms with Crippen LogP contribution in [-0.4, -0.2) is 46.4 Å². The minimum absolute atomic E-state index is 0.112. The number of hydrogen-bond acceptors (Lipinski definition) is 4. The van der Waals surface area contributed by atoms with Gasteiger partial charge in [-0.3, -0.25) is 25.1 Å². The van der Waals surface area contributed by atoms with Crippen LogP contribution in [0.25, 0.3) is 0 Å². The van der Waals surface area contributed by atoms with Crippen LogP contribution in [0.15, 0.2) is 53.8 Å². The molecule has 0 atom stereocenters. The molecule has 1 aliphatic carbocycles. The van der Waals surface area contributed by atoms with Crippen LogP contribution in [0.5, 0.6) is 0 Å². The topological polar surface area (TPSA) is 60.8 Å². The van der Waals surface area contributed by atoms with Gasteiger partial charge in [-0.25, -0.2) is 9.18 Å². The molecule has 32 heavy (non-hydrogen) atoms. The first-order valence-electron chi connectivity index (χ1n) is 11.7. The highest BCUT2D eigenvalue weighted by atomic mass is 19.1. The zero-order valence-electron chi connectivity index (χ0n) is 18.3. The molecule has 0 radical (unpaired) electrons.